The summed E-state index contributed by atoms with van der Waals surface area (Å²) in [5, 5.41) is 2.64. The Labute approximate surface area is 116 Å². The molecule has 1 fully saturated rings. The first-order chi connectivity index (χ1) is 9.47. The maximum atomic E-state index is 13.1. The maximum absolute atomic E-state index is 13.1. The molecular formula is C14H18FN3O2. The van der Waals surface area contributed by atoms with Crippen LogP contribution in [-0.2, 0) is 4.79 Å². The Balaban J connectivity index is 2.05. The molecule has 0 spiro atoms. The highest BCUT2D eigenvalue weighted by Gasteiger charge is 2.31. The van der Waals surface area contributed by atoms with Crippen LogP contribution in [0.4, 0.5) is 14.9 Å². The van der Waals surface area contributed by atoms with Gasteiger partial charge in [0.15, 0.2) is 0 Å². The molecule has 0 radical (unpaired) electrons. The second-order valence-electron chi connectivity index (χ2n) is 5.12. The number of nitrogens with two attached hydrogens (primary N) is 1. The van der Waals surface area contributed by atoms with Crippen molar-refractivity contribution in [2.24, 2.45) is 11.7 Å². The Morgan fingerprint density at radius 2 is 2.15 bits per heavy atom. The number of anilines is 1. The molecule has 1 aliphatic heterocycles. The summed E-state index contributed by atoms with van der Waals surface area (Å²) < 4.78 is 13.1. The van der Waals surface area contributed by atoms with E-state index in [0.29, 0.717) is 18.7 Å². The molecule has 1 aliphatic rings. The smallest absolute Gasteiger partial charge is 0.322 e. The zero-order chi connectivity index (χ0) is 14.7. The van der Waals surface area contributed by atoms with Gasteiger partial charge in [0.1, 0.15) is 5.82 Å². The van der Waals surface area contributed by atoms with Gasteiger partial charge in [0.2, 0.25) is 5.91 Å². The number of urea groups is 1. The molecule has 1 heterocycles. The number of nitrogens with one attached hydrogen (secondary N) is 1. The van der Waals surface area contributed by atoms with E-state index in [1.807, 2.05) is 6.92 Å². The fraction of sp³-hybridized carbons (Fsp3) is 0.429. The van der Waals surface area contributed by atoms with E-state index in [-0.39, 0.29) is 23.9 Å². The van der Waals surface area contributed by atoms with Crippen LogP contribution in [0.5, 0.6) is 0 Å². The van der Waals surface area contributed by atoms with E-state index in [4.69, 9.17) is 5.73 Å². The van der Waals surface area contributed by atoms with Crippen molar-refractivity contribution in [1.82, 2.24) is 4.90 Å². The van der Waals surface area contributed by atoms with Crippen molar-refractivity contribution >= 4 is 17.6 Å². The molecule has 20 heavy (non-hydrogen) atoms. The number of piperidine rings is 1. The Kier molecular flexibility index (Phi) is 4.22. The SMILES string of the molecule is C[C@H]1CC[C@@H](C(N)=O)CN1C(=O)Nc1cccc(F)c1. The van der Waals surface area contributed by atoms with Crippen molar-refractivity contribution in [3.63, 3.8) is 0 Å². The molecular weight excluding hydrogens is 261 g/mol. The minimum atomic E-state index is -0.412. The molecule has 0 unspecified atom stereocenters. The Hall–Kier alpha value is -2.11. The van der Waals surface area contributed by atoms with Gasteiger partial charge in [0.05, 0.1) is 5.92 Å². The summed E-state index contributed by atoms with van der Waals surface area (Å²) in [4.78, 5) is 25.0. The third-order valence-corrected chi connectivity index (χ3v) is 3.62. The minimum absolute atomic E-state index is 0.0270. The summed E-state index contributed by atoms with van der Waals surface area (Å²) in [7, 11) is 0. The molecule has 2 rings (SSSR count). The summed E-state index contributed by atoms with van der Waals surface area (Å²) in [6, 6.07) is 5.38. The molecule has 1 saturated heterocycles. The van der Waals surface area contributed by atoms with Crippen LogP contribution in [-0.4, -0.2) is 29.4 Å². The lowest BCUT2D eigenvalue weighted by atomic mass is 9.93. The van der Waals surface area contributed by atoms with E-state index < -0.39 is 5.82 Å². The number of rotatable bonds is 2. The first-order valence-electron chi connectivity index (χ1n) is 6.60. The number of hydrogen-bond donors (Lipinski definition) is 2. The molecule has 1 aromatic rings. The predicted molar refractivity (Wildman–Crippen MR) is 73.5 cm³/mol. The van der Waals surface area contributed by atoms with E-state index in [1.54, 1.807) is 11.0 Å². The van der Waals surface area contributed by atoms with Gasteiger partial charge >= 0.3 is 6.03 Å². The minimum Gasteiger partial charge on any atom is -0.369 e. The summed E-state index contributed by atoms with van der Waals surface area (Å²) >= 11 is 0. The quantitative estimate of drug-likeness (QED) is 0.868. The highest BCUT2D eigenvalue weighted by atomic mass is 19.1. The number of benzene rings is 1. The lowest BCUT2D eigenvalue weighted by molar-refractivity contribution is -0.123. The Morgan fingerprint density at radius 1 is 1.40 bits per heavy atom. The number of carbonyl (C=O) groups is 2. The van der Waals surface area contributed by atoms with E-state index in [1.165, 1.54) is 18.2 Å². The number of primary amides is 1. The van der Waals surface area contributed by atoms with Crippen LogP contribution in [0.2, 0.25) is 0 Å². The number of carbonyl (C=O) groups excluding carboxylic acids is 2. The zero-order valence-electron chi connectivity index (χ0n) is 11.3. The van der Waals surface area contributed by atoms with Crippen LogP contribution < -0.4 is 11.1 Å². The lowest BCUT2D eigenvalue weighted by Crippen LogP contribution is -2.50. The molecule has 0 saturated carbocycles. The molecule has 3 N–H and O–H groups in total. The number of nitrogens with zero attached hydrogens (tertiary/aromatic N) is 1. The molecule has 108 valence electrons. The first-order valence-corrected chi connectivity index (χ1v) is 6.60. The number of amides is 3. The fourth-order valence-corrected chi connectivity index (χ4v) is 2.38. The van der Waals surface area contributed by atoms with Gasteiger partial charge in [-0.15, -0.1) is 0 Å². The van der Waals surface area contributed by atoms with Crippen molar-refractivity contribution in [2.45, 2.75) is 25.8 Å². The van der Waals surface area contributed by atoms with E-state index in [0.717, 1.165) is 6.42 Å². The molecule has 0 bridgehead atoms. The largest absolute Gasteiger partial charge is 0.369 e. The second kappa shape index (κ2) is 5.90. The molecule has 0 aliphatic carbocycles. The predicted octanol–water partition coefficient (Wildman–Crippen LogP) is 1.94. The van der Waals surface area contributed by atoms with Gasteiger partial charge in [-0.1, -0.05) is 6.07 Å². The average molecular weight is 279 g/mol. The standard InChI is InChI=1S/C14H18FN3O2/c1-9-5-6-10(13(16)19)8-18(9)14(20)17-12-4-2-3-11(15)7-12/h2-4,7,9-10H,5-6,8H2,1H3,(H2,16,19)(H,17,20)/t9-,10+/m0/s1. The van der Waals surface area contributed by atoms with E-state index in [9.17, 15) is 14.0 Å². The lowest BCUT2D eigenvalue weighted by Gasteiger charge is -2.36. The zero-order valence-corrected chi connectivity index (χ0v) is 11.3. The second-order valence-corrected chi connectivity index (χ2v) is 5.12. The third kappa shape index (κ3) is 3.26. The molecule has 1 aromatic carbocycles. The Morgan fingerprint density at radius 3 is 2.80 bits per heavy atom. The van der Waals surface area contributed by atoms with Gasteiger partial charge in [-0.3, -0.25) is 4.79 Å². The molecule has 3 amide bonds. The van der Waals surface area contributed by atoms with Gasteiger partial charge in [0.25, 0.3) is 0 Å². The van der Waals surface area contributed by atoms with Gasteiger partial charge in [0, 0.05) is 18.3 Å². The summed E-state index contributed by atoms with van der Waals surface area (Å²) in [6.45, 7) is 2.22. The van der Waals surface area contributed by atoms with Crippen molar-refractivity contribution in [3.05, 3.63) is 30.1 Å². The Bertz CT molecular complexity index is 521. The summed E-state index contributed by atoms with van der Waals surface area (Å²) in [5.41, 5.74) is 5.69. The highest BCUT2D eigenvalue weighted by molar-refractivity contribution is 5.90. The first kappa shape index (κ1) is 14.3. The van der Waals surface area contributed by atoms with Crippen LogP contribution in [0.15, 0.2) is 24.3 Å². The van der Waals surface area contributed by atoms with Gasteiger partial charge in [-0.2, -0.15) is 0 Å². The average Bonchev–Trinajstić information content (AvgIpc) is 2.38. The van der Waals surface area contributed by atoms with Crippen molar-refractivity contribution in [2.75, 3.05) is 11.9 Å². The van der Waals surface area contributed by atoms with Crippen molar-refractivity contribution in [3.8, 4) is 0 Å². The number of hydrogen-bond acceptors (Lipinski definition) is 2. The van der Waals surface area contributed by atoms with Gasteiger partial charge in [-0.05, 0) is 38.0 Å². The van der Waals surface area contributed by atoms with Gasteiger partial charge < -0.3 is 16.0 Å². The van der Waals surface area contributed by atoms with Crippen LogP contribution in [0.3, 0.4) is 0 Å². The number of likely N-dealkylation sites (tertiary alicyclic amines) is 1. The fourth-order valence-electron chi connectivity index (χ4n) is 2.38. The van der Waals surface area contributed by atoms with Gasteiger partial charge in [-0.25, -0.2) is 9.18 Å². The molecule has 0 aromatic heterocycles. The normalized spacial score (nSPS) is 22.4. The third-order valence-electron chi connectivity index (χ3n) is 3.62. The van der Waals surface area contributed by atoms with Crippen molar-refractivity contribution in [1.29, 1.82) is 0 Å². The summed E-state index contributed by atoms with van der Waals surface area (Å²) in [5.74, 6) is -1.12. The maximum Gasteiger partial charge on any atom is 0.322 e. The van der Waals surface area contributed by atoms with Crippen LogP contribution >= 0.6 is 0 Å². The molecule has 2 atom stereocenters. The highest BCUT2D eigenvalue weighted by Crippen LogP contribution is 2.22. The van der Waals surface area contributed by atoms with Crippen LogP contribution in [0, 0.1) is 11.7 Å². The van der Waals surface area contributed by atoms with Crippen LogP contribution in [0.1, 0.15) is 19.8 Å². The van der Waals surface area contributed by atoms with E-state index >= 15 is 0 Å². The topological polar surface area (TPSA) is 75.4 Å². The monoisotopic (exact) mass is 279 g/mol. The summed E-state index contributed by atoms with van der Waals surface area (Å²) in [6.07, 6.45) is 1.42. The molecule has 5 nitrogen and oxygen atoms in total. The number of halogens is 1. The molecule has 6 heteroatoms. The van der Waals surface area contributed by atoms with Crippen molar-refractivity contribution < 1.29 is 14.0 Å². The van der Waals surface area contributed by atoms with E-state index in [2.05, 4.69) is 5.32 Å². The van der Waals surface area contributed by atoms with Crippen LogP contribution in [0.25, 0.3) is 0 Å².